The Morgan fingerprint density at radius 3 is 2.60 bits per heavy atom. The first-order valence-electron chi connectivity index (χ1n) is 5.71. The summed E-state index contributed by atoms with van der Waals surface area (Å²) in [5, 5.41) is 2.81. The van der Waals surface area contributed by atoms with Gasteiger partial charge in [0.25, 0.3) is 5.91 Å². The number of rotatable bonds is 3. The fraction of sp³-hybridized carbons (Fsp3) is 0.0714. The fourth-order valence-electron chi connectivity index (χ4n) is 1.66. The average Bonchev–Trinajstić information content (AvgIpc) is 2.41. The standard InChI is InChI=1S/C14H12Br2N2O2/c1-20-13-7-12(10(15)6-11(13)16)18-14(19)8-3-2-4-9(17)5-8/h2-7H,17H2,1H3,(H,18,19). The molecule has 0 radical (unpaired) electrons. The summed E-state index contributed by atoms with van der Waals surface area (Å²) in [6.45, 7) is 0. The molecule has 0 aliphatic carbocycles. The number of nitrogen functional groups attached to an aromatic ring is 1. The van der Waals surface area contributed by atoms with Crippen molar-refractivity contribution in [1.29, 1.82) is 0 Å². The summed E-state index contributed by atoms with van der Waals surface area (Å²) >= 11 is 6.78. The van der Waals surface area contributed by atoms with Gasteiger partial charge in [-0.3, -0.25) is 4.79 Å². The van der Waals surface area contributed by atoms with Crippen LogP contribution in [0, 0.1) is 0 Å². The number of amides is 1. The summed E-state index contributed by atoms with van der Waals surface area (Å²) in [5.41, 5.74) is 7.34. The number of anilines is 2. The van der Waals surface area contributed by atoms with Crippen LogP contribution in [0.5, 0.6) is 5.75 Å². The number of carbonyl (C=O) groups is 1. The van der Waals surface area contributed by atoms with E-state index in [1.54, 1.807) is 37.4 Å². The maximum atomic E-state index is 12.2. The van der Waals surface area contributed by atoms with Crippen molar-refractivity contribution in [2.75, 3.05) is 18.2 Å². The van der Waals surface area contributed by atoms with Crippen molar-refractivity contribution in [3.8, 4) is 5.75 Å². The Kier molecular flexibility index (Phi) is 4.67. The Hall–Kier alpha value is -1.53. The van der Waals surface area contributed by atoms with Crippen molar-refractivity contribution < 1.29 is 9.53 Å². The molecular weight excluding hydrogens is 388 g/mol. The number of hydrogen-bond acceptors (Lipinski definition) is 3. The molecule has 0 unspecified atom stereocenters. The normalized spacial score (nSPS) is 10.2. The number of nitrogens with one attached hydrogen (secondary N) is 1. The molecule has 0 aliphatic heterocycles. The van der Waals surface area contributed by atoms with E-state index < -0.39 is 0 Å². The number of halogens is 2. The SMILES string of the molecule is COc1cc(NC(=O)c2cccc(N)c2)c(Br)cc1Br. The zero-order valence-corrected chi connectivity index (χ0v) is 13.8. The van der Waals surface area contributed by atoms with Crippen LogP contribution in [0.25, 0.3) is 0 Å². The highest BCUT2D eigenvalue weighted by Gasteiger charge is 2.11. The lowest BCUT2D eigenvalue weighted by Crippen LogP contribution is -2.12. The molecule has 2 aromatic rings. The van der Waals surface area contributed by atoms with Gasteiger partial charge < -0.3 is 15.8 Å². The summed E-state index contributed by atoms with van der Waals surface area (Å²) < 4.78 is 6.76. The van der Waals surface area contributed by atoms with E-state index in [2.05, 4.69) is 37.2 Å². The van der Waals surface area contributed by atoms with Crippen molar-refractivity contribution in [3.63, 3.8) is 0 Å². The molecule has 2 rings (SSSR count). The molecule has 1 amide bonds. The van der Waals surface area contributed by atoms with Gasteiger partial charge in [0.15, 0.2) is 0 Å². The Morgan fingerprint density at radius 2 is 1.95 bits per heavy atom. The molecule has 20 heavy (non-hydrogen) atoms. The Morgan fingerprint density at radius 1 is 1.20 bits per heavy atom. The molecule has 0 fully saturated rings. The van der Waals surface area contributed by atoms with E-state index in [0.717, 1.165) is 8.95 Å². The summed E-state index contributed by atoms with van der Waals surface area (Å²) in [6.07, 6.45) is 0. The summed E-state index contributed by atoms with van der Waals surface area (Å²) in [4.78, 5) is 12.2. The average molecular weight is 400 g/mol. The van der Waals surface area contributed by atoms with Crippen LogP contribution in [-0.4, -0.2) is 13.0 Å². The van der Waals surface area contributed by atoms with E-state index in [4.69, 9.17) is 10.5 Å². The first-order chi connectivity index (χ1) is 9.51. The minimum atomic E-state index is -0.234. The van der Waals surface area contributed by atoms with Crippen molar-refractivity contribution in [2.45, 2.75) is 0 Å². The largest absolute Gasteiger partial charge is 0.495 e. The second-order valence-corrected chi connectivity index (χ2v) is 5.75. The van der Waals surface area contributed by atoms with Crippen LogP contribution in [0.3, 0.4) is 0 Å². The van der Waals surface area contributed by atoms with E-state index in [9.17, 15) is 4.79 Å². The lowest BCUT2D eigenvalue weighted by molar-refractivity contribution is 0.102. The van der Waals surface area contributed by atoms with Gasteiger partial charge in [-0.05, 0) is 56.1 Å². The first kappa shape index (κ1) is 14.9. The minimum Gasteiger partial charge on any atom is -0.495 e. The van der Waals surface area contributed by atoms with Gasteiger partial charge in [0.2, 0.25) is 0 Å². The second kappa shape index (κ2) is 6.28. The molecule has 0 saturated heterocycles. The van der Waals surface area contributed by atoms with E-state index in [1.807, 2.05) is 6.07 Å². The van der Waals surface area contributed by atoms with E-state index in [1.165, 1.54) is 0 Å². The Labute approximate surface area is 133 Å². The molecule has 6 heteroatoms. The molecule has 0 heterocycles. The molecule has 0 spiro atoms. The van der Waals surface area contributed by atoms with Gasteiger partial charge in [0, 0.05) is 21.8 Å². The number of hydrogen-bond donors (Lipinski definition) is 2. The fourth-order valence-corrected chi connectivity index (χ4v) is 2.91. The van der Waals surface area contributed by atoms with Gasteiger partial charge in [-0.25, -0.2) is 0 Å². The third-order valence-corrected chi connectivity index (χ3v) is 3.91. The van der Waals surface area contributed by atoms with Crippen LogP contribution in [0.1, 0.15) is 10.4 Å². The molecule has 3 N–H and O–H groups in total. The predicted octanol–water partition coefficient (Wildman–Crippen LogP) is 4.05. The van der Waals surface area contributed by atoms with Gasteiger partial charge >= 0.3 is 0 Å². The highest BCUT2D eigenvalue weighted by molar-refractivity contribution is 9.11. The lowest BCUT2D eigenvalue weighted by atomic mass is 10.2. The van der Waals surface area contributed by atoms with E-state index in [-0.39, 0.29) is 5.91 Å². The molecular formula is C14H12Br2N2O2. The summed E-state index contributed by atoms with van der Waals surface area (Å²) in [6, 6.07) is 10.3. The molecule has 0 aromatic heterocycles. The highest BCUT2D eigenvalue weighted by Crippen LogP contribution is 2.34. The van der Waals surface area contributed by atoms with Gasteiger partial charge in [-0.2, -0.15) is 0 Å². The topological polar surface area (TPSA) is 64.3 Å². The zero-order valence-electron chi connectivity index (χ0n) is 10.6. The maximum Gasteiger partial charge on any atom is 0.255 e. The molecule has 2 aromatic carbocycles. The molecule has 0 bridgehead atoms. The van der Waals surface area contributed by atoms with Crippen LogP contribution in [-0.2, 0) is 0 Å². The molecule has 0 saturated carbocycles. The van der Waals surface area contributed by atoms with E-state index >= 15 is 0 Å². The quantitative estimate of drug-likeness (QED) is 0.765. The van der Waals surface area contributed by atoms with Crippen LogP contribution in [0.2, 0.25) is 0 Å². The van der Waals surface area contributed by atoms with Gasteiger partial charge in [0.1, 0.15) is 5.75 Å². The molecule has 0 aliphatic rings. The van der Waals surface area contributed by atoms with E-state index in [0.29, 0.717) is 22.7 Å². The van der Waals surface area contributed by atoms with Gasteiger partial charge in [-0.1, -0.05) is 6.07 Å². The van der Waals surface area contributed by atoms with Crippen LogP contribution in [0.15, 0.2) is 45.3 Å². The molecule has 104 valence electrons. The Balaban J connectivity index is 2.28. The maximum absolute atomic E-state index is 12.2. The van der Waals surface area contributed by atoms with Crippen molar-refractivity contribution in [2.24, 2.45) is 0 Å². The molecule has 4 nitrogen and oxygen atoms in total. The Bertz CT molecular complexity index is 660. The third kappa shape index (κ3) is 3.32. The second-order valence-electron chi connectivity index (χ2n) is 4.05. The number of nitrogens with two attached hydrogens (primary N) is 1. The van der Waals surface area contributed by atoms with Crippen LogP contribution >= 0.6 is 31.9 Å². The molecule has 0 atom stereocenters. The smallest absolute Gasteiger partial charge is 0.255 e. The summed E-state index contributed by atoms with van der Waals surface area (Å²) in [5.74, 6) is 0.401. The monoisotopic (exact) mass is 398 g/mol. The minimum absolute atomic E-state index is 0.234. The van der Waals surface area contributed by atoms with Crippen LogP contribution < -0.4 is 15.8 Å². The van der Waals surface area contributed by atoms with Gasteiger partial charge in [0.05, 0.1) is 17.3 Å². The highest BCUT2D eigenvalue weighted by atomic mass is 79.9. The predicted molar refractivity (Wildman–Crippen MR) is 87.2 cm³/mol. The van der Waals surface area contributed by atoms with Crippen molar-refractivity contribution in [3.05, 3.63) is 50.9 Å². The summed E-state index contributed by atoms with van der Waals surface area (Å²) in [7, 11) is 1.57. The number of benzene rings is 2. The van der Waals surface area contributed by atoms with Crippen molar-refractivity contribution >= 4 is 49.1 Å². The zero-order chi connectivity index (χ0) is 14.7. The first-order valence-corrected chi connectivity index (χ1v) is 7.30. The number of ether oxygens (including phenoxy) is 1. The number of carbonyl (C=O) groups excluding carboxylic acids is 1. The van der Waals surface area contributed by atoms with Crippen LogP contribution in [0.4, 0.5) is 11.4 Å². The van der Waals surface area contributed by atoms with Gasteiger partial charge in [-0.15, -0.1) is 0 Å². The lowest BCUT2D eigenvalue weighted by Gasteiger charge is -2.11. The number of methoxy groups -OCH3 is 1. The van der Waals surface area contributed by atoms with Crippen molar-refractivity contribution in [1.82, 2.24) is 0 Å². The third-order valence-electron chi connectivity index (χ3n) is 2.64.